The van der Waals surface area contributed by atoms with E-state index in [-0.39, 0.29) is 5.56 Å². The van der Waals surface area contributed by atoms with Gasteiger partial charge in [0.25, 0.3) is 0 Å². The molecule has 0 spiro atoms. The van der Waals surface area contributed by atoms with Gasteiger partial charge in [0.2, 0.25) is 0 Å². The van der Waals surface area contributed by atoms with Gasteiger partial charge in [-0.05, 0) is 20.2 Å². The molecule has 1 aromatic heterocycles. The number of aromatic nitrogens is 1. The first-order valence-corrected chi connectivity index (χ1v) is 4.66. The maximum Gasteiger partial charge on any atom is 0.337 e. The van der Waals surface area contributed by atoms with Crippen molar-refractivity contribution in [2.75, 3.05) is 32.5 Å². The SMILES string of the molecule is CN(C)CCNc1cncc(C(=O)O)c1. The molecular formula is C10H15N3O2. The third-order valence-electron chi connectivity index (χ3n) is 1.87. The summed E-state index contributed by atoms with van der Waals surface area (Å²) in [5, 5.41) is 11.9. The summed E-state index contributed by atoms with van der Waals surface area (Å²) in [7, 11) is 3.96. The van der Waals surface area contributed by atoms with E-state index in [4.69, 9.17) is 5.11 Å². The Morgan fingerprint density at radius 3 is 2.87 bits per heavy atom. The lowest BCUT2D eigenvalue weighted by atomic mass is 10.2. The van der Waals surface area contributed by atoms with Gasteiger partial charge in [0.15, 0.2) is 0 Å². The van der Waals surface area contributed by atoms with Crippen LogP contribution >= 0.6 is 0 Å². The summed E-state index contributed by atoms with van der Waals surface area (Å²) in [4.78, 5) is 16.5. The van der Waals surface area contributed by atoms with Gasteiger partial charge in [-0.1, -0.05) is 0 Å². The lowest BCUT2D eigenvalue weighted by Gasteiger charge is -2.11. The molecule has 1 heterocycles. The van der Waals surface area contributed by atoms with Crippen molar-refractivity contribution in [1.29, 1.82) is 0 Å². The maximum atomic E-state index is 10.7. The number of anilines is 1. The quantitative estimate of drug-likeness (QED) is 0.749. The van der Waals surface area contributed by atoms with Crippen LogP contribution in [0.1, 0.15) is 10.4 Å². The Hall–Kier alpha value is -1.62. The molecule has 0 saturated carbocycles. The molecule has 0 radical (unpaired) electrons. The van der Waals surface area contributed by atoms with Crippen molar-refractivity contribution < 1.29 is 9.90 Å². The number of carboxylic acids is 1. The van der Waals surface area contributed by atoms with Gasteiger partial charge in [-0.15, -0.1) is 0 Å². The van der Waals surface area contributed by atoms with E-state index in [1.807, 2.05) is 19.0 Å². The van der Waals surface area contributed by atoms with Crippen LogP contribution in [0.2, 0.25) is 0 Å². The lowest BCUT2D eigenvalue weighted by Crippen LogP contribution is -2.20. The third kappa shape index (κ3) is 3.95. The van der Waals surface area contributed by atoms with Gasteiger partial charge < -0.3 is 15.3 Å². The lowest BCUT2D eigenvalue weighted by molar-refractivity contribution is 0.0696. The molecule has 0 aromatic carbocycles. The standard InChI is InChI=1S/C10H15N3O2/c1-13(2)4-3-12-9-5-8(10(14)15)6-11-7-9/h5-7,12H,3-4H2,1-2H3,(H,14,15). The highest BCUT2D eigenvalue weighted by Crippen LogP contribution is 2.07. The average Bonchev–Trinajstić information content (AvgIpc) is 2.17. The predicted octanol–water partition coefficient (Wildman–Crippen LogP) is 0.753. The molecule has 0 unspecified atom stereocenters. The Balaban J connectivity index is 2.54. The van der Waals surface area contributed by atoms with E-state index in [9.17, 15) is 4.79 Å². The zero-order valence-electron chi connectivity index (χ0n) is 8.90. The number of hydrogen-bond acceptors (Lipinski definition) is 4. The molecule has 0 bridgehead atoms. The maximum absolute atomic E-state index is 10.7. The Bertz CT molecular complexity index is 339. The largest absolute Gasteiger partial charge is 0.478 e. The molecule has 0 aliphatic carbocycles. The van der Waals surface area contributed by atoms with Crippen molar-refractivity contribution in [3.8, 4) is 0 Å². The van der Waals surface area contributed by atoms with E-state index >= 15 is 0 Å². The summed E-state index contributed by atoms with van der Waals surface area (Å²) >= 11 is 0. The van der Waals surface area contributed by atoms with Crippen molar-refractivity contribution in [1.82, 2.24) is 9.88 Å². The molecule has 0 atom stereocenters. The van der Waals surface area contributed by atoms with Gasteiger partial charge in [-0.2, -0.15) is 0 Å². The van der Waals surface area contributed by atoms with Gasteiger partial charge in [0, 0.05) is 25.5 Å². The van der Waals surface area contributed by atoms with Crippen LogP contribution in [0.3, 0.4) is 0 Å². The van der Waals surface area contributed by atoms with E-state index in [2.05, 4.69) is 10.3 Å². The second-order valence-electron chi connectivity index (χ2n) is 3.50. The highest BCUT2D eigenvalue weighted by atomic mass is 16.4. The molecule has 82 valence electrons. The van der Waals surface area contributed by atoms with Gasteiger partial charge in [0.05, 0.1) is 11.3 Å². The first-order valence-electron chi connectivity index (χ1n) is 4.66. The number of hydrogen-bond donors (Lipinski definition) is 2. The van der Waals surface area contributed by atoms with Crippen LogP contribution in [-0.4, -0.2) is 48.1 Å². The molecule has 2 N–H and O–H groups in total. The average molecular weight is 209 g/mol. The molecule has 5 heteroatoms. The fraction of sp³-hybridized carbons (Fsp3) is 0.400. The van der Waals surface area contributed by atoms with Crippen LogP contribution in [0, 0.1) is 0 Å². The van der Waals surface area contributed by atoms with Crippen LogP contribution in [0.25, 0.3) is 0 Å². The molecule has 0 aliphatic rings. The van der Waals surface area contributed by atoms with Gasteiger partial charge >= 0.3 is 5.97 Å². The minimum absolute atomic E-state index is 0.199. The van der Waals surface area contributed by atoms with Crippen LogP contribution < -0.4 is 5.32 Å². The summed E-state index contributed by atoms with van der Waals surface area (Å²) in [6.07, 6.45) is 2.95. The fourth-order valence-electron chi connectivity index (χ4n) is 1.08. The fourth-order valence-corrected chi connectivity index (χ4v) is 1.08. The van der Waals surface area contributed by atoms with Crippen LogP contribution in [0.5, 0.6) is 0 Å². The first kappa shape index (κ1) is 11.5. The van der Waals surface area contributed by atoms with Crippen LogP contribution in [0.4, 0.5) is 5.69 Å². The number of pyridine rings is 1. The number of carboxylic acid groups (broad SMARTS) is 1. The second kappa shape index (κ2) is 5.31. The minimum Gasteiger partial charge on any atom is -0.478 e. The summed E-state index contributed by atoms with van der Waals surface area (Å²) in [5.41, 5.74) is 0.932. The number of nitrogens with one attached hydrogen (secondary N) is 1. The van der Waals surface area contributed by atoms with E-state index in [0.717, 1.165) is 18.8 Å². The molecule has 15 heavy (non-hydrogen) atoms. The second-order valence-corrected chi connectivity index (χ2v) is 3.50. The van der Waals surface area contributed by atoms with E-state index in [1.54, 1.807) is 12.3 Å². The number of rotatable bonds is 5. The molecule has 0 saturated heterocycles. The van der Waals surface area contributed by atoms with Crippen molar-refractivity contribution in [2.24, 2.45) is 0 Å². The molecule has 0 fully saturated rings. The predicted molar refractivity (Wildman–Crippen MR) is 58.2 cm³/mol. The summed E-state index contributed by atoms with van der Waals surface area (Å²) < 4.78 is 0. The van der Waals surface area contributed by atoms with Gasteiger partial charge in [0.1, 0.15) is 0 Å². The van der Waals surface area contributed by atoms with E-state index < -0.39 is 5.97 Å². The summed E-state index contributed by atoms with van der Waals surface area (Å²) in [6, 6.07) is 1.57. The van der Waals surface area contributed by atoms with Crippen molar-refractivity contribution in [2.45, 2.75) is 0 Å². The van der Waals surface area contributed by atoms with Crippen molar-refractivity contribution >= 4 is 11.7 Å². The highest BCUT2D eigenvalue weighted by Gasteiger charge is 2.03. The van der Waals surface area contributed by atoms with E-state index in [1.165, 1.54) is 6.20 Å². The topological polar surface area (TPSA) is 65.5 Å². The molecule has 1 rings (SSSR count). The zero-order valence-corrected chi connectivity index (χ0v) is 8.90. The van der Waals surface area contributed by atoms with Gasteiger partial charge in [-0.25, -0.2) is 4.79 Å². The molecular weight excluding hydrogens is 194 g/mol. The molecule has 0 amide bonds. The number of aromatic carboxylic acids is 1. The first-order chi connectivity index (χ1) is 7.09. The number of carbonyl (C=O) groups is 1. The van der Waals surface area contributed by atoms with Gasteiger partial charge in [-0.3, -0.25) is 4.98 Å². The summed E-state index contributed by atoms with van der Waals surface area (Å²) in [6.45, 7) is 1.65. The van der Waals surface area contributed by atoms with Crippen molar-refractivity contribution in [3.05, 3.63) is 24.0 Å². The Morgan fingerprint density at radius 1 is 1.53 bits per heavy atom. The number of likely N-dealkylation sites (N-methyl/N-ethyl adjacent to an activating group) is 1. The van der Waals surface area contributed by atoms with Crippen LogP contribution in [-0.2, 0) is 0 Å². The van der Waals surface area contributed by atoms with E-state index in [0.29, 0.717) is 0 Å². The number of nitrogens with zero attached hydrogens (tertiary/aromatic N) is 2. The Labute approximate surface area is 88.7 Å². The normalized spacial score (nSPS) is 10.3. The molecule has 5 nitrogen and oxygen atoms in total. The smallest absolute Gasteiger partial charge is 0.337 e. The molecule has 0 aliphatic heterocycles. The highest BCUT2D eigenvalue weighted by molar-refractivity contribution is 5.88. The molecule has 1 aromatic rings. The Morgan fingerprint density at radius 2 is 2.27 bits per heavy atom. The zero-order chi connectivity index (χ0) is 11.3. The minimum atomic E-state index is -0.959. The Kier molecular flexibility index (Phi) is 4.05. The summed E-state index contributed by atoms with van der Waals surface area (Å²) in [5.74, 6) is -0.959. The third-order valence-corrected chi connectivity index (χ3v) is 1.87. The van der Waals surface area contributed by atoms with Crippen LogP contribution in [0.15, 0.2) is 18.5 Å². The monoisotopic (exact) mass is 209 g/mol. The van der Waals surface area contributed by atoms with Crippen molar-refractivity contribution in [3.63, 3.8) is 0 Å².